The van der Waals surface area contributed by atoms with E-state index < -0.39 is 0 Å². The summed E-state index contributed by atoms with van der Waals surface area (Å²) in [5, 5.41) is 8.76. The van der Waals surface area contributed by atoms with Crippen molar-refractivity contribution in [2.45, 2.75) is 19.3 Å². The number of rotatable bonds is 1. The van der Waals surface area contributed by atoms with E-state index in [0.717, 1.165) is 32.5 Å². The van der Waals surface area contributed by atoms with E-state index in [1.54, 1.807) is 0 Å². The second-order valence-corrected chi connectivity index (χ2v) is 2.59. The SMILES string of the molecule is OCC1CCCOCC1. The van der Waals surface area contributed by atoms with Crippen molar-refractivity contribution in [2.75, 3.05) is 19.8 Å². The predicted molar refractivity (Wildman–Crippen MR) is 35.2 cm³/mol. The standard InChI is InChI=1S/C7H14O2/c8-6-7-2-1-4-9-5-3-7/h7-8H,1-6H2. The smallest absolute Gasteiger partial charge is 0.0469 e. The predicted octanol–water partition coefficient (Wildman–Crippen LogP) is 0.795. The normalized spacial score (nSPS) is 29.7. The lowest BCUT2D eigenvalue weighted by Crippen LogP contribution is -2.05. The summed E-state index contributed by atoms with van der Waals surface area (Å²) in [6.45, 7) is 2.06. The van der Waals surface area contributed by atoms with Gasteiger partial charge < -0.3 is 9.84 Å². The molecule has 1 unspecified atom stereocenters. The van der Waals surface area contributed by atoms with Gasteiger partial charge in [0.1, 0.15) is 0 Å². The van der Waals surface area contributed by atoms with Gasteiger partial charge in [0.2, 0.25) is 0 Å². The van der Waals surface area contributed by atoms with Crippen LogP contribution < -0.4 is 0 Å². The zero-order chi connectivity index (χ0) is 6.53. The minimum Gasteiger partial charge on any atom is -0.396 e. The molecular formula is C7H14O2. The molecule has 1 aliphatic rings. The Labute approximate surface area is 55.8 Å². The molecule has 2 heteroatoms. The van der Waals surface area contributed by atoms with Crippen LogP contribution in [0.1, 0.15) is 19.3 Å². The average Bonchev–Trinajstić information content (AvgIpc) is 2.13. The van der Waals surface area contributed by atoms with Gasteiger partial charge in [-0.1, -0.05) is 0 Å². The molecule has 1 N–H and O–H groups in total. The van der Waals surface area contributed by atoms with E-state index >= 15 is 0 Å². The van der Waals surface area contributed by atoms with Crippen LogP contribution in [0.15, 0.2) is 0 Å². The van der Waals surface area contributed by atoms with Gasteiger partial charge in [0.05, 0.1) is 0 Å². The van der Waals surface area contributed by atoms with Gasteiger partial charge in [-0.15, -0.1) is 0 Å². The maximum absolute atomic E-state index is 8.76. The minimum absolute atomic E-state index is 0.337. The van der Waals surface area contributed by atoms with E-state index in [-0.39, 0.29) is 0 Å². The Morgan fingerprint density at radius 1 is 1.33 bits per heavy atom. The fourth-order valence-corrected chi connectivity index (χ4v) is 1.15. The Morgan fingerprint density at radius 3 is 3.00 bits per heavy atom. The van der Waals surface area contributed by atoms with Gasteiger partial charge in [0.25, 0.3) is 0 Å². The van der Waals surface area contributed by atoms with Crippen LogP contribution in [0.5, 0.6) is 0 Å². The highest BCUT2D eigenvalue weighted by atomic mass is 16.5. The third-order valence-corrected chi connectivity index (χ3v) is 1.83. The molecule has 0 aliphatic carbocycles. The molecule has 0 aromatic rings. The van der Waals surface area contributed by atoms with E-state index in [4.69, 9.17) is 9.84 Å². The summed E-state index contributed by atoms with van der Waals surface area (Å²) in [7, 11) is 0. The maximum Gasteiger partial charge on any atom is 0.0469 e. The lowest BCUT2D eigenvalue weighted by molar-refractivity contribution is 0.135. The van der Waals surface area contributed by atoms with Crippen LogP contribution in [0.3, 0.4) is 0 Å². The van der Waals surface area contributed by atoms with Crippen molar-refractivity contribution in [2.24, 2.45) is 5.92 Å². The molecule has 0 aromatic carbocycles. The zero-order valence-corrected chi connectivity index (χ0v) is 5.68. The fourth-order valence-electron chi connectivity index (χ4n) is 1.15. The Hall–Kier alpha value is -0.0800. The monoisotopic (exact) mass is 130 g/mol. The van der Waals surface area contributed by atoms with Gasteiger partial charge >= 0.3 is 0 Å². The summed E-state index contributed by atoms with van der Waals surface area (Å²) in [6, 6.07) is 0. The van der Waals surface area contributed by atoms with Crippen LogP contribution in [0.2, 0.25) is 0 Å². The summed E-state index contributed by atoms with van der Waals surface area (Å²) in [6.07, 6.45) is 3.29. The van der Waals surface area contributed by atoms with Crippen molar-refractivity contribution in [1.29, 1.82) is 0 Å². The molecule has 9 heavy (non-hydrogen) atoms. The van der Waals surface area contributed by atoms with Crippen molar-refractivity contribution in [3.8, 4) is 0 Å². The van der Waals surface area contributed by atoms with E-state index in [1.165, 1.54) is 0 Å². The second kappa shape index (κ2) is 3.85. The lowest BCUT2D eigenvalue weighted by Gasteiger charge is -2.06. The Bertz CT molecular complexity index is 65.3. The number of hydrogen-bond acceptors (Lipinski definition) is 2. The Morgan fingerprint density at radius 2 is 2.22 bits per heavy atom. The van der Waals surface area contributed by atoms with Gasteiger partial charge in [-0.3, -0.25) is 0 Å². The number of aliphatic hydroxyl groups is 1. The highest BCUT2D eigenvalue weighted by Crippen LogP contribution is 2.13. The largest absolute Gasteiger partial charge is 0.396 e. The van der Waals surface area contributed by atoms with Crippen LogP contribution in [0.25, 0.3) is 0 Å². The van der Waals surface area contributed by atoms with Crippen LogP contribution >= 0.6 is 0 Å². The third-order valence-electron chi connectivity index (χ3n) is 1.83. The first kappa shape index (κ1) is 7.03. The van der Waals surface area contributed by atoms with Crippen molar-refractivity contribution in [3.05, 3.63) is 0 Å². The molecule has 0 aromatic heterocycles. The van der Waals surface area contributed by atoms with Gasteiger partial charge in [0, 0.05) is 19.8 Å². The lowest BCUT2D eigenvalue weighted by atomic mass is 10.0. The van der Waals surface area contributed by atoms with E-state index in [9.17, 15) is 0 Å². The first-order valence-corrected chi connectivity index (χ1v) is 3.62. The molecule has 0 radical (unpaired) electrons. The quantitative estimate of drug-likeness (QED) is 0.568. The molecule has 0 amide bonds. The van der Waals surface area contributed by atoms with Crippen molar-refractivity contribution in [3.63, 3.8) is 0 Å². The van der Waals surface area contributed by atoms with Gasteiger partial charge in [-0.25, -0.2) is 0 Å². The molecule has 0 saturated carbocycles. The summed E-state index contributed by atoms with van der Waals surface area (Å²) >= 11 is 0. The van der Waals surface area contributed by atoms with Crippen LogP contribution in [-0.4, -0.2) is 24.9 Å². The Balaban J connectivity index is 2.18. The summed E-state index contributed by atoms with van der Waals surface area (Å²) in [4.78, 5) is 0. The molecule has 1 saturated heterocycles. The molecule has 0 bridgehead atoms. The Kier molecular flexibility index (Phi) is 3.01. The van der Waals surface area contributed by atoms with Gasteiger partial charge in [0.15, 0.2) is 0 Å². The molecule has 1 heterocycles. The minimum atomic E-state index is 0.337. The molecular weight excluding hydrogens is 116 g/mol. The highest BCUT2D eigenvalue weighted by molar-refractivity contribution is 4.60. The van der Waals surface area contributed by atoms with Crippen LogP contribution in [0, 0.1) is 5.92 Å². The summed E-state index contributed by atoms with van der Waals surface area (Å²) < 4.78 is 5.22. The molecule has 1 fully saturated rings. The molecule has 1 atom stereocenters. The molecule has 1 aliphatic heterocycles. The van der Waals surface area contributed by atoms with Crippen molar-refractivity contribution in [1.82, 2.24) is 0 Å². The maximum atomic E-state index is 8.76. The van der Waals surface area contributed by atoms with Crippen molar-refractivity contribution < 1.29 is 9.84 Å². The summed E-state index contributed by atoms with van der Waals surface area (Å²) in [5.74, 6) is 0.507. The first-order chi connectivity index (χ1) is 4.43. The van der Waals surface area contributed by atoms with E-state index in [2.05, 4.69) is 0 Å². The van der Waals surface area contributed by atoms with Gasteiger partial charge in [-0.05, 0) is 25.2 Å². The highest BCUT2D eigenvalue weighted by Gasteiger charge is 2.09. The van der Waals surface area contributed by atoms with E-state index in [1.807, 2.05) is 0 Å². The average molecular weight is 130 g/mol. The zero-order valence-electron chi connectivity index (χ0n) is 5.68. The fraction of sp³-hybridized carbons (Fsp3) is 1.00. The summed E-state index contributed by atoms with van der Waals surface area (Å²) in [5.41, 5.74) is 0. The van der Waals surface area contributed by atoms with Crippen LogP contribution in [-0.2, 0) is 4.74 Å². The molecule has 1 rings (SSSR count). The van der Waals surface area contributed by atoms with E-state index in [0.29, 0.717) is 12.5 Å². The first-order valence-electron chi connectivity index (χ1n) is 3.62. The number of hydrogen-bond donors (Lipinski definition) is 1. The molecule has 2 nitrogen and oxygen atoms in total. The number of ether oxygens (including phenoxy) is 1. The van der Waals surface area contributed by atoms with Crippen LogP contribution in [0.4, 0.5) is 0 Å². The topological polar surface area (TPSA) is 29.5 Å². The van der Waals surface area contributed by atoms with Gasteiger partial charge in [-0.2, -0.15) is 0 Å². The number of aliphatic hydroxyl groups excluding tert-OH is 1. The molecule has 0 spiro atoms. The molecule has 54 valence electrons. The third kappa shape index (κ3) is 2.33. The van der Waals surface area contributed by atoms with Crippen molar-refractivity contribution >= 4 is 0 Å². The second-order valence-electron chi connectivity index (χ2n) is 2.59.